The summed E-state index contributed by atoms with van der Waals surface area (Å²) in [7, 11) is -1.47. The molecule has 1 fully saturated rings. The second kappa shape index (κ2) is 11.4. The molecular formula is C20H33N3O4S. The fraction of sp³-hybridized carbons (Fsp3) is 0.650. The number of benzene rings is 1. The number of likely N-dealkylation sites (tertiary alicyclic amines) is 1. The summed E-state index contributed by atoms with van der Waals surface area (Å²) in [6.45, 7) is 3.34. The van der Waals surface area contributed by atoms with E-state index in [1.807, 2.05) is 4.90 Å². The Morgan fingerprint density at radius 2 is 1.79 bits per heavy atom. The third-order valence-corrected chi connectivity index (χ3v) is 5.76. The Hall–Kier alpha value is -1.64. The zero-order chi connectivity index (χ0) is 20.4. The number of rotatable bonds is 10. The van der Waals surface area contributed by atoms with Crippen molar-refractivity contribution in [2.24, 2.45) is 5.92 Å². The number of hydrogen-bond acceptors (Lipinski definition) is 4. The number of methoxy groups -OCH3 is 1. The molecule has 1 aliphatic heterocycles. The monoisotopic (exact) mass is 411 g/mol. The fourth-order valence-electron chi connectivity index (χ4n) is 3.42. The average Bonchev–Trinajstić information content (AvgIpc) is 2.66. The highest BCUT2D eigenvalue weighted by Gasteiger charge is 2.22. The molecule has 1 aromatic rings. The highest BCUT2D eigenvalue weighted by atomic mass is 32.2. The Labute approximate surface area is 168 Å². The second-order valence-electron chi connectivity index (χ2n) is 7.45. The lowest BCUT2D eigenvalue weighted by Gasteiger charge is -2.32. The third kappa shape index (κ3) is 8.58. The molecule has 0 saturated carbocycles. The largest absolute Gasteiger partial charge is 0.385 e. The zero-order valence-electron chi connectivity index (χ0n) is 16.9. The molecule has 158 valence electrons. The van der Waals surface area contributed by atoms with Gasteiger partial charge < -0.3 is 15.0 Å². The Kier molecular flexibility index (Phi) is 9.21. The molecule has 2 N–H and O–H groups in total. The molecule has 0 unspecified atom stereocenters. The highest BCUT2D eigenvalue weighted by molar-refractivity contribution is 7.88. The molecule has 0 atom stereocenters. The predicted molar refractivity (Wildman–Crippen MR) is 111 cm³/mol. The number of carbonyl (C=O) groups excluding carboxylic acids is 1. The number of urea groups is 1. The van der Waals surface area contributed by atoms with Crippen LogP contribution in [0.4, 0.5) is 4.79 Å². The predicted octanol–water partition coefficient (Wildman–Crippen LogP) is 1.78. The molecule has 0 aliphatic carbocycles. The van der Waals surface area contributed by atoms with Gasteiger partial charge >= 0.3 is 6.03 Å². The fourth-order valence-corrected chi connectivity index (χ4v) is 3.89. The van der Waals surface area contributed by atoms with Gasteiger partial charge in [0.15, 0.2) is 0 Å². The SMILES string of the molecule is COCCCNC(=O)N1CCC(Cc2ccc(CCNS(C)(=O)=O)cc2)CC1. The Bertz CT molecular complexity index is 699. The quantitative estimate of drug-likeness (QED) is 0.575. The summed E-state index contributed by atoms with van der Waals surface area (Å²) >= 11 is 0. The highest BCUT2D eigenvalue weighted by Crippen LogP contribution is 2.22. The van der Waals surface area contributed by atoms with Crippen LogP contribution in [0.3, 0.4) is 0 Å². The van der Waals surface area contributed by atoms with Crippen LogP contribution in [0, 0.1) is 5.92 Å². The van der Waals surface area contributed by atoms with Gasteiger partial charge in [-0.3, -0.25) is 0 Å². The van der Waals surface area contributed by atoms with Crippen molar-refractivity contribution in [1.82, 2.24) is 14.9 Å². The number of carbonyl (C=O) groups is 1. The summed E-state index contributed by atoms with van der Waals surface area (Å²) in [5.41, 5.74) is 2.42. The molecule has 1 saturated heterocycles. The Balaban J connectivity index is 1.69. The second-order valence-corrected chi connectivity index (χ2v) is 9.28. The van der Waals surface area contributed by atoms with E-state index >= 15 is 0 Å². The molecule has 8 heteroatoms. The van der Waals surface area contributed by atoms with E-state index in [0.717, 1.165) is 44.3 Å². The summed E-state index contributed by atoms with van der Waals surface area (Å²) in [5.74, 6) is 0.593. The normalized spacial score (nSPS) is 15.6. The molecule has 28 heavy (non-hydrogen) atoms. The molecule has 1 aliphatic rings. The molecule has 0 bridgehead atoms. The van der Waals surface area contributed by atoms with E-state index in [1.54, 1.807) is 7.11 Å². The number of hydrogen-bond donors (Lipinski definition) is 2. The van der Waals surface area contributed by atoms with Gasteiger partial charge in [0, 0.05) is 39.9 Å². The first-order valence-corrected chi connectivity index (χ1v) is 11.8. The molecule has 1 aromatic carbocycles. The molecule has 0 aromatic heterocycles. The summed E-state index contributed by atoms with van der Waals surface area (Å²) in [5, 5.41) is 2.95. The van der Waals surface area contributed by atoms with Crippen LogP contribution in [0.25, 0.3) is 0 Å². The maximum atomic E-state index is 12.1. The van der Waals surface area contributed by atoms with E-state index in [-0.39, 0.29) is 6.03 Å². The van der Waals surface area contributed by atoms with Gasteiger partial charge in [0.1, 0.15) is 0 Å². The van der Waals surface area contributed by atoms with Gasteiger partial charge in [0.2, 0.25) is 10.0 Å². The van der Waals surface area contributed by atoms with Gasteiger partial charge in [0.25, 0.3) is 0 Å². The van der Waals surface area contributed by atoms with Crippen LogP contribution in [-0.2, 0) is 27.6 Å². The van der Waals surface area contributed by atoms with E-state index < -0.39 is 10.0 Å². The van der Waals surface area contributed by atoms with Crippen molar-refractivity contribution < 1.29 is 17.9 Å². The standard InChI is InChI=1S/C20H33N3O4S/c1-27-15-3-11-21-20(24)23-13-9-19(10-14-23)16-18-6-4-17(5-7-18)8-12-22-28(2,25)26/h4-7,19,22H,3,8-16H2,1-2H3,(H,21,24). The van der Waals surface area contributed by atoms with Crippen molar-refractivity contribution in [3.05, 3.63) is 35.4 Å². The first-order valence-electron chi connectivity index (χ1n) is 9.91. The van der Waals surface area contributed by atoms with Gasteiger partial charge in [-0.05, 0) is 49.1 Å². The molecule has 2 rings (SSSR count). The van der Waals surface area contributed by atoms with E-state index in [0.29, 0.717) is 32.0 Å². The van der Waals surface area contributed by atoms with Crippen LogP contribution in [0.5, 0.6) is 0 Å². The van der Waals surface area contributed by atoms with Crippen molar-refractivity contribution in [2.45, 2.75) is 32.1 Å². The van der Waals surface area contributed by atoms with Crippen LogP contribution >= 0.6 is 0 Å². The number of ether oxygens (including phenoxy) is 1. The molecule has 0 radical (unpaired) electrons. The lowest BCUT2D eigenvalue weighted by Crippen LogP contribution is -2.45. The first-order chi connectivity index (χ1) is 13.4. The first kappa shape index (κ1) is 22.6. The third-order valence-electron chi connectivity index (χ3n) is 5.03. The van der Waals surface area contributed by atoms with Gasteiger partial charge in [-0.1, -0.05) is 24.3 Å². The van der Waals surface area contributed by atoms with Crippen LogP contribution in [-0.4, -0.2) is 65.5 Å². The van der Waals surface area contributed by atoms with Gasteiger partial charge in [0.05, 0.1) is 6.26 Å². The molecular weight excluding hydrogens is 378 g/mol. The van der Waals surface area contributed by atoms with Crippen LogP contribution in [0.1, 0.15) is 30.4 Å². The summed E-state index contributed by atoms with van der Waals surface area (Å²) in [4.78, 5) is 14.0. The minimum atomic E-state index is -3.13. The summed E-state index contributed by atoms with van der Waals surface area (Å²) < 4.78 is 29.7. The van der Waals surface area contributed by atoms with Crippen molar-refractivity contribution in [3.8, 4) is 0 Å². The molecule has 7 nitrogen and oxygen atoms in total. The van der Waals surface area contributed by atoms with E-state index in [4.69, 9.17) is 4.74 Å². The lowest BCUT2D eigenvalue weighted by molar-refractivity contribution is 0.166. The number of nitrogens with one attached hydrogen (secondary N) is 2. The number of sulfonamides is 1. The van der Waals surface area contributed by atoms with E-state index in [1.165, 1.54) is 11.8 Å². The summed E-state index contributed by atoms with van der Waals surface area (Å²) in [6.07, 6.45) is 5.75. The number of piperidine rings is 1. The molecule has 1 heterocycles. The maximum Gasteiger partial charge on any atom is 0.317 e. The zero-order valence-corrected chi connectivity index (χ0v) is 17.8. The van der Waals surface area contributed by atoms with Crippen LogP contribution in [0.2, 0.25) is 0 Å². The Morgan fingerprint density at radius 3 is 2.39 bits per heavy atom. The molecule has 2 amide bonds. The van der Waals surface area contributed by atoms with Crippen molar-refractivity contribution in [3.63, 3.8) is 0 Å². The van der Waals surface area contributed by atoms with Crippen molar-refractivity contribution in [1.29, 1.82) is 0 Å². The average molecular weight is 412 g/mol. The van der Waals surface area contributed by atoms with Crippen molar-refractivity contribution >= 4 is 16.1 Å². The van der Waals surface area contributed by atoms with Crippen LogP contribution in [0.15, 0.2) is 24.3 Å². The van der Waals surface area contributed by atoms with Crippen molar-refractivity contribution in [2.75, 3.05) is 46.2 Å². The van der Waals surface area contributed by atoms with E-state index in [2.05, 4.69) is 34.3 Å². The Morgan fingerprint density at radius 1 is 1.14 bits per heavy atom. The van der Waals surface area contributed by atoms with E-state index in [9.17, 15) is 13.2 Å². The lowest BCUT2D eigenvalue weighted by atomic mass is 9.90. The van der Waals surface area contributed by atoms with Gasteiger partial charge in [-0.25, -0.2) is 17.9 Å². The minimum absolute atomic E-state index is 0.0293. The maximum absolute atomic E-state index is 12.1. The van der Waals surface area contributed by atoms with Crippen LogP contribution < -0.4 is 10.0 Å². The van der Waals surface area contributed by atoms with Gasteiger partial charge in [-0.2, -0.15) is 0 Å². The summed E-state index contributed by atoms with van der Waals surface area (Å²) in [6, 6.07) is 8.43. The smallest absolute Gasteiger partial charge is 0.317 e. The molecule has 0 spiro atoms. The van der Waals surface area contributed by atoms with Gasteiger partial charge in [-0.15, -0.1) is 0 Å². The number of nitrogens with zero attached hydrogens (tertiary/aromatic N) is 1. The number of amides is 2. The minimum Gasteiger partial charge on any atom is -0.385 e. The topological polar surface area (TPSA) is 87.7 Å².